The Morgan fingerprint density at radius 3 is 2.80 bits per heavy atom. The zero-order chi connectivity index (χ0) is 18.1. The number of nitrogens with zero attached hydrogens (tertiary/aromatic N) is 2. The minimum Gasteiger partial charge on any atom is -0.478 e. The number of aryl methyl sites for hydroxylation is 1. The summed E-state index contributed by atoms with van der Waals surface area (Å²) >= 11 is 0. The number of carboxylic acids is 1. The second-order valence-corrected chi connectivity index (χ2v) is 5.37. The van der Waals surface area contributed by atoms with Crippen LogP contribution in [0.1, 0.15) is 30.1 Å². The number of ether oxygens (including phenoxy) is 1. The fourth-order valence-corrected chi connectivity index (χ4v) is 2.62. The van der Waals surface area contributed by atoms with Crippen molar-refractivity contribution in [3.63, 3.8) is 0 Å². The number of aromatic carboxylic acids is 1. The van der Waals surface area contributed by atoms with Gasteiger partial charge in [-0.3, -0.25) is 4.79 Å². The predicted octanol–water partition coefficient (Wildman–Crippen LogP) is 3.24. The van der Waals surface area contributed by atoms with Gasteiger partial charge in [0.1, 0.15) is 0 Å². The molecule has 7 nitrogen and oxygen atoms in total. The maximum absolute atomic E-state index is 12.6. The highest BCUT2D eigenvalue weighted by Gasteiger charge is 2.23. The number of benzene rings is 1. The van der Waals surface area contributed by atoms with Gasteiger partial charge in [0.2, 0.25) is 5.58 Å². The van der Waals surface area contributed by atoms with E-state index in [0.29, 0.717) is 6.54 Å². The van der Waals surface area contributed by atoms with Crippen LogP contribution in [0, 0.1) is 0 Å². The first-order chi connectivity index (χ1) is 11.9. The molecule has 0 atom stereocenters. The maximum atomic E-state index is 12.6. The van der Waals surface area contributed by atoms with E-state index in [2.05, 4.69) is 9.84 Å². The first kappa shape index (κ1) is 16.9. The minimum absolute atomic E-state index is 0.00731. The van der Waals surface area contributed by atoms with E-state index >= 15 is 0 Å². The molecule has 0 aliphatic rings. The van der Waals surface area contributed by atoms with Gasteiger partial charge in [0.25, 0.3) is 0 Å². The van der Waals surface area contributed by atoms with Gasteiger partial charge in [0.05, 0.1) is 17.1 Å². The van der Waals surface area contributed by atoms with Gasteiger partial charge in [-0.25, -0.2) is 9.48 Å². The molecule has 0 bridgehead atoms. The van der Waals surface area contributed by atoms with E-state index in [1.165, 1.54) is 10.9 Å². The van der Waals surface area contributed by atoms with Crippen LogP contribution in [-0.2, 0) is 6.54 Å². The van der Waals surface area contributed by atoms with Gasteiger partial charge in [0.15, 0.2) is 11.3 Å². The second kappa shape index (κ2) is 6.50. The van der Waals surface area contributed by atoms with Crippen molar-refractivity contribution in [3.05, 3.63) is 34.2 Å². The summed E-state index contributed by atoms with van der Waals surface area (Å²) in [6.45, 7) is -0.793. The van der Waals surface area contributed by atoms with Gasteiger partial charge in [-0.05, 0) is 18.6 Å². The van der Waals surface area contributed by atoms with Gasteiger partial charge in [-0.1, -0.05) is 13.3 Å². The van der Waals surface area contributed by atoms with Crippen LogP contribution >= 0.6 is 0 Å². The monoisotopic (exact) mass is 352 g/mol. The van der Waals surface area contributed by atoms with Gasteiger partial charge in [-0.2, -0.15) is 13.9 Å². The zero-order valence-corrected chi connectivity index (χ0v) is 13.2. The number of fused-ring (bicyclic) bond motifs is 3. The molecule has 2 aromatic heterocycles. The van der Waals surface area contributed by atoms with E-state index in [-0.39, 0.29) is 33.3 Å². The Morgan fingerprint density at radius 1 is 1.40 bits per heavy atom. The number of furan rings is 1. The second-order valence-electron chi connectivity index (χ2n) is 5.37. The summed E-state index contributed by atoms with van der Waals surface area (Å²) in [6, 6.07) is 2.20. The average Bonchev–Trinajstić information content (AvgIpc) is 2.95. The molecule has 132 valence electrons. The molecular weight excluding hydrogens is 338 g/mol. The minimum atomic E-state index is -3.12. The Kier molecular flexibility index (Phi) is 4.39. The maximum Gasteiger partial charge on any atom is 0.387 e. The van der Waals surface area contributed by atoms with Crippen LogP contribution in [0.25, 0.3) is 21.9 Å². The lowest BCUT2D eigenvalue weighted by molar-refractivity contribution is -0.0493. The van der Waals surface area contributed by atoms with E-state index in [0.717, 1.165) is 25.0 Å². The largest absolute Gasteiger partial charge is 0.478 e. The van der Waals surface area contributed by atoms with Crippen LogP contribution in [0.5, 0.6) is 5.75 Å². The fourth-order valence-electron chi connectivity index (χ4n) is 2.62. The molecule has 1 N–H and O–H groups in total. The number of alkyl halides is 2. The van der Waals surface area contributed by atoms with Crippen LogP contribution in [0.2, 0.25) is 0 Å². The van der Waals surface area contributed by atoms with Crippen LogP contribution in [-0.4, -0.2) is 27.5 Å². The summed E-state index contributed by atoms with van der Waals surface area (Å²) in [6.07, 6.45) is 2.87. The number of carboxylic acid groups (broad SMARTS) is 1. The van der Waals surface area contributed by atoms with Gasteiger partial charge in [0, 0.05) is 11.9 Å². The highest BCUT2D eigenvalue weighted by molar-refractivity contribution is 6.15. The third-order valence-corrected chi connectivity index (χ3v) is 3.76. The van der Waals surface area contributed by atoms with E-state index < -0.39 is 18.1 Å². The summed E-state index contributed by atoms with van der Waals surface area (Å²) < 4.78 is 36.2. The van der Waals surface area contributed by atoms with E-state index in [1.807, 2.05) is 6.92 Å². The number of hydrogen-bond donors (Lipinski definition) is 1. The molecule has 3 aromatic rings. The number of hydrogen-bond acceptors (Lipinski definition) is 5. The highest BCUT2D eigenvalue weighted by atomic mass is 19.3. The van der Waals surface area contributed by atoms with E-state index in [1.54, 1.807) is 0 Å². The zero-order valence-electron chi connectivity index (χ0n) is 13.2. The Bertz CT molecular complexity index is 1010. The summed E-state index contributed by atoms with van der Waals surface area (Å²) in [4.78, 5) is 23.9. The Balaban J connectivity index is 2.33. The summed E-state index contributed by atoms with van der Waals surface area (Å²) in [7, 11) is 0. The number of halogens is 2. The van der Waals surface area contributed by atoms with Crippen molar-refractivity contribution in [1.82, 2.24) is 9.78 Å². The molecule has 0 saturated heterocycles. The topological polar surface area (TPSA) is 94.6 Å². The Hall–Kier alpha value is -2.97. The normalized spacial score (nSPS) is 11.5. The molecule has 0 fully saturated rings. The molecule has 0 aliphatic heterocycles. The molecule has 0 spiro atoms. The molecule has 0 saturated carbocycles. The van der Waals surface area contributed by atoms with Crippen molar-refractivity contribution in [2.24, 2.45) is 0 Å². The molecule has 25 heavy (non-hydrogen) atoms. The lowest BCUT2D eigenvalue weighted by Crippen LogP contribution is -2.22. The van der Waals surface area contributed by atoms with Crippen molar-refractivity contribution in [3.8, 4) is 5.75 Å². The first-order valence-electron chi connectivity index (χ1n) is 7.57. The quantitative estimate of drug-likeness (QED) is 0.732. The van der Waals surface area contributed by atoms with Crippen molar-refractivity contribution >= 4 is 27.9 Å². The SMILES string of the molecule is CCCCn1ncc2c(oc3c(OC(F)F)ccc(C(=O)O)c32)c1=O. The number of unbranched alkanes of at least 4 members (excludes halogenated alkanes) is 1. The summed E-state index contributed by atoms with van der Waals surface area (Å²) in [5.74, 6) is -1.63. The molecule has 0 unspecified atom stereocenters. The van der Waals surface area contributed by atoms with Crippen molar-refractivity contribution < 1.29 is 27.8 Å². The molecule has 0 radical (unpaired) electrons. The Labute approximate surface area is 139 Å². The predicted molar refractivity (Wildman–Crippen MR) is 84.3 cm³/mol. The Morgan fingerprint density at radius 2 is 2.16 bits per heavy atom. The molecule has 9 heteroatoms. The van der Waals surface area contributed by atoms with Crippen molar-refractivity contribution in [1.29, 1.82) is 0 Å². The third-order valence-electron chi connectivity index (χ3n) is 3.76. The van der Waals surface area contributed by atoms with Crippen LogP contribution < -0.4 is 10.3 Å². The van der Waals surface area contributed by atoms with Crippen molar-refractivity contribution in [2.75, 3.05) is 0 Å². The first-order valence-corrected chi connectivity index (χ1v) is 7.57. The molecule has 0 amide bonds. The molecule has 3 rings (SSSR count). The average molecular weight is 352 g/mol. The molecule has 2 heterocycles. The number of rotatable bonds is 6. The lowest BCUT2D eigenvalue weighted by Gasteiger charge is -2.05. The van der Waals surface area contributed by atoms with Crippen LogP contribution in [0.15, 0.2) is 27.5 Å². The van der Waals surface area contributed by atoms with Crippen LogP contribution in [0.4, 0.5) is 8.78 Å². The van der Waals surface area contributed by atoms with Gasteiger partial charge < -0.3 is 14.3 Å². The summed E-state index contributed by atoms with van der Waals surface area (Å²) in [5, 5.41) is 13.5. The van der Waals surface area contributed by atoms with Gasteiger partial charge in [-0.15, -0.1) is 0 Å². The standard InChI is InChI=1S/C16H14F2N2O5/c1-2-3-6-20-14(21)12-9(7-19-20)11-8(15(22)23)4-5-10(13(11)25-12)24-16(17)18/h4-5,7,16H,2-3,6H2,1H3,(H,22,23). The van der Waals surface area contributed by atoms with E-state index in [9.17, 15) is 23.5 Å². The van der Waals surface area contributed by atoms with E-state index in [4.69, 9.17) is 4.42 Å². The molecule has 1 aromatic carbocycles. The van der Waals surface area contributed by atoms with Crippen LogP contribution in [0.3, 0.4) is 0 Å². The molecular formula is C16H14F2N2O5. The number of aromatic nitrogens is 2. The molecule has 0 aliphatic carbocycles. The van der Waals surface area contributed by atoms with Crippen molar-refractivity contribution in [2.45, 2.75) is 32.9 Å². The number of carbonyl (C=O) groups is 1. The highest BCUT2D eigenvalue weighted by Crippen LogP contribution is 2.36. The summed E-state index contributed by atoms with van der Waals surface area (Å²) in [5.41, 5.74) is -1.11. The van der Waals surface area contributed by atoms with Gasteiger partial charge >= 0.3 is 18.1 Å². The smallest absolute Gasteiger partial charge is 0.387 e. The fraction of sp³-hybridized carbons (Fsp3) is 0.312. The third kappa shape index (κ3) is 2.92. The lowest BCUT2D eigenvalue weighted by atomic mass is 10.1.